The molecule has 2 atom stereocenters. The fourth-order valence-electron chi connectivity index (χ4n) is 3.60. The molecule has 1 aromatic carbocycles. The number of ether oxygens (including phenoxy) is 1. The molecule has 0 bridgehead atoms. The van der Waals surface area contributed by atoms with E-state index in [1.165, 1.54) is 24.1 Å². The monoisotopic (exact) mass is 290 g/mol. The van der Waals surface area contributed by atoms with E-state index >= 15 is 0 Å². The standard InChI is InChI=1S/C18H30N2O/c1-6-20(12-13(2)3)17-10-8-14-7-9-15(21-5)11-16(14)18(17)19-4/h7,9,11,13,17-19H,6,8,10,12H2,1-5H3. The molecule has 2 unspecified atom stereocenters. The van der Waals surface area contributed by atoms with E-state index in [1.807, 2.05) is 0 Å². The number of hydrogen-bond acceptors (Lipinski definition) is 3. The zero-order valence-electron chi connectivity index (χ0n) is 14.1. The lowest BCUT2D eigenvalue weighted by Gasteiger charge is -2.41. The fourth-order valence-corrected chi connectivity index (χ4v) is 3.60. The molecule has 1 aliphatic rings. The maximum Gasteiger partial charge on any atom is 0.119 e. The van der Waals surface area contributed by atoms with Crippen LogP contribution in [0, 0.1) is 5.92 Å². The molecule has 0 aromatic heterocycles. The van der Waals surface area contributed by atoms with E-state index in [0.717, 1.165) is 18.7 Å². The third-order valence-corrected chi connectivity index (χ3v) is 4.57. The van der Waals surface area contributed by atoms with Gasteiger partial charge in [0, 0.05) is 18.6 Å². The van der Waals surface area contributed by atoms with Gasteiger partial charge in [-0.1, -0.05) is 26.8 Å². The topological polar surface area (TPSA) is 24.5 Å². The molecule has 0 radical (unpaired) electrons. The third kappa shape index (κ3) is 3.58. The Morgan fingerprint density at radius 1 is 1.38 bits per heavy atom. The number of fused-ring (bicyclic) bond motifs is 1. The predicted molar refractivity (Wildman–Crippen MR) is 89.0 cm³/mol. The van der Waals surface area contributed by atoms with Crippen molar-refractivity contribution in [3.8, 4) is 5.75 Å². The molecular weight excluding hydrogens is 260 g/mol. The number of hydrogen-bond donors (Lipinski definition) is 1. The Hall–Kier alpha value is -1.06. The van der Waals surface area contributed by atoms with E-state index in [1.54, 1.807) is 7.11 Å². The fraction of sp³-hybridized carbons (Fsp3) is 0.667. The van der Waals surface area contributed by atoms with Crippen LogP contribution in [0.3, 0.4) is 0 Å². The summed E-state index contributed by atoms with van der Waals surface area (Å²) >= 11 is 0. The normalized spacial score (nSPS) is 21.7. The van der Waals surface area contributed by atoms with Crippen LogP contribution in [-0.4, -0.2) is 38.2 Å². The maximum atomic E-state index is 5.42. The van der Waals surface area contributed by atoms with Gasteiger partial charge in [0.25, 0.3) is 0 Å². The van der Waals surface area contributed by atoms with Crippen LogP contribution < -0.4 is 10.1 Å². The summed E-state index contributed by atoms with van der Waals surface area (Å²) in [5.74, 6) is 1.66. The Labute approximate surface area is 129 Å². The minimum atomic E-state index is 0.391. The summed E-state index contributed by atoms with van der Waals surface area (Å²) < 4.78 is 5.42. The summed E-state index contributed by atoms with van der Waals surface area (Å²) in [4.78, 5) is 2.63. The number of benzene rings is 1. The minimum Gasteiger partial charge on any atom is -0.497 e. The smallest absolute Gasteiger partial charge is 0.119 e. The SMILES string of the molecule is CCN(CC(C)C)C1CCc2ccc(OC)cc2C1NC. The maximum absolute atomic E-state index is 5.42. The average molecular weight is 290 g/mol. The zero-order chi connectivity index (χ0) is 15.4. The summed E-state index contributed by atoms with van der Waals surface area (Å²) in [6, 6.07) is 7.49. The molecule has 0 fully saturated rings. The van der Waals surface area contributed by atoms with E-state index in [0.29, 0.717) is 18.0 Å². The second-order valence-corrected chi connectivity index (χ2v) is 6.42. The van der Waals surface area contributed by atoms with Crippen molar-refractivity contribution in [2.75, 3.05) is 27.2 Å². The lowest BCUT2D eigenvalue weighted by molar-refractivity contribution is 0.135. The van der Waals surface area contributed by atoms with Crippen molar-refractivity contribution in [1.82, 2.24) is 10.2 Å². The molecule has 2 rings (SSSR count). The van der Waals surface area contributed by atoms with Crippen molar-refractivity contribution >= 4 is 0 Å². The van der Waals surface area contributed by atoms with E-state index in [-0.39, 0.29) is 0 Å². The van der Waals surface area contributed by atoms with Crippen LogP contribution in [0.5, 0.6) is 5.75 Å². The van der Waals surface area contributed by atoms with E-state index < -0.39 is 0 Å². The highest BCUT2D eigenvalue weighted by Crippen LogP contribution is 2.35. The molecular formula is C18H30N2O. The number of nitrogens with one attached hydrogen (secondary N) is 1. The molecule has 0 saturated heterocycles. The van der Waals surface area contributed by atoms with Crippen molar-refractivity contribution < 1.29 is 4.74 Å². The van der Waals surface area contributed by atoms with Crippen molar-refractivity contribution in [3.05, 3.63) is 29.3 Å². The molecule has 0 amide bonds. The van der Waals surface area contributed by atoms with Gasteiger partial charge < -0.3 is 10.1 Å². The first kappa shape index (κ1) is 16.3. The summed E-state index contributed by atoms with van der Waals surface area (Å²) in [6.45, 7) is 9.16. The average Bonchev–Trinajstić information content (AvgIpc) is 2.50. The van der Waals surface area contributed by atoms with Gasteiger partial charge in [-0.3, -0.25) is 4.90 Å². The lowest BCUT2D eigenvalue weighted by Crippen LogP contribution is -2.47. The minimum absolute atomic E-state index is 0.391. The number of methoxy groups -OCH3 is 1. The van der Waals surface area contributed by atoms with Crippen molar-refractivity contribution in [3.63, 3.8) is 0 Å². The van der Waals surface area contributed by atoms with Crippen LogP contribution in [-0.2, 0) is 6.42 Å². The molecule has 0 heterocycles. The largest absolute Gasteiger partial charge is 0.497 e. The van der Waals surface area contributed by atoms with Gasteiger partial charge in [0.2, 0.25) is 0 Å². The number of rotatable bonds is 6. The van der Waals surface area contributed by atoms with E-state index in [4.69, 9.17) is 4.74 Å². The molecule has 3 heteroatoms. The van der Waals surface area contributed by atoms with Crippen molar-refractivity contribution in [1.29, 1.82) is 0 Å². The molecule has 1 aliphatic carbocycles. The summed E-state index contributed by atoms with van der Waals surface area (Å²) in [7, 11) is 3.82. The van der Waals surface area contributed by atoms with Gasteiger partial charge in [0.15, 0.2) is 0 Å². The number of likely N-dealkylation sites (N-methyl/N-ethyl adjacent to an activating group) is 2. The van der Waals surface area contributed by atoms with E-state index in [9.17, 15) is 0 Å². The Bertz CT molecular complexity index is 459. The highest BCUT2D eigenvalue weighted by atomic mass is 16.5. The number of nitrogens with zero attached hydrogens (tertiary/aromatic N) is 1. The zero-order valence-corrected chi connectivity index (χ0v) is 14.1. The Balaban J connectivity index is 2.29. The molecule has 3 nitrogen and oxygen atoms in total. The Morgan fingerprint density at radius 3 is 2.71 bits per heavy atom. The highest BCUT2D eigenvalue weighted by Gasteiger charge is 2.32. The van der Waals surface area contributed by atoms with Crippen LogP contribution in [0.25, 0.3) is 0 Å². The first-order chi connectivity index (χ1) is 10.1. The first-order valence-electron chi connectivity index (χ1n) is 8.18. The predicted octanol–water partition coefficient (Wildman–Crippen LogP) is 3.25. The van der Waals surface area contributed by atoms with E-state index in [2.05, 4.69) is 56.2 Å². The molecule has 1 N–H and O–H groups in total. The van der Waals surface area contributed by atoms with Gasteiger partial charge in [-0.2, -0.15) is 0 Å². The van der Waals surface area contributed by atoms with Gasteiger partial charge in [-0.15, -0.1) is 0 Å². The Morgan fingerprint density at radius 2 is 2.14 bits per heavy atom. The molecule has 0 saturated carbocycles. The quantitative estimate of drug-likeness (QED) is 0.870. The molecule has 1 aromatic rings. The third-order valence-electron chi connectivity index (χ3n) is 4.57. The van der Waals surface area contributed by atoms with Crippen LogP contribution in [0.15, 0.2) is 18.2 Å². The lowest BCUT2D eigenvalue weighted by atomic mass is 9.83. The van der Waals surface area contributed by atoms with Gasteiger partial charge in [-0.25, -0.2) is 0 Å². The Kier molecular flexibility index (Phi) is 5.65. The number of aryl methyl sites for hydroxylation is 1. The summed E-state index contributed by atoms with van der Waals surface area (Å²) in [5, 5.41) is 3.55. The highest BCUT2D eigenvalue weighted by molar-refractivity contribution is 5.40. The first-order valence-corrected chi connectivity index (χ1v) is 8.18. The second kappa shape index (κ2) is 7.28. The van der Waals surface area contributed by atoms with Crippen molar-refractivity contribution in [2.45, 2.75) is 45.7 Å². The molecule has 118 valence electrons. The van der Waals surface area contributed by atoms with Crippen LogP contribution in [0.1, 0.15) is 44.4 Å². The van der Waals surface area contributed by atoms with Crippen LogP contribution in [0.2, 0.25) is 0 Å². The van der Waals surface area contributed by atoms with Crippen LogP contribution in [0.4, 0.5) is 0 Å². The van der Waals surface area contributed by atoms with Crippen molar-refractivity contribution in [2.24, 2.45) is 5.92 Å². The molecule has 0 aliphatic heterocycles. The summed E-state index contributed by atoms with van der Waals surface area (Å²) in [6.07, 6.45) is 2.39. The van der Waals surface area contributed by atoms with Gasteiger partial charge >= 0.3 is 0 Å². The van der Waals surface area contributed by atoms with Gasteiger partial charge in [-0.05, 0) is 55.6 Å². The molecule has 21 heavy (non-hydrogen) atoms. The van der Waals surface area contributed by atoms with Gasteiger partial charge in [0.05, 0.1) is 7.11 Å². The van der Waals surface area contributed by atoms with Crippen LogP contribution >= 0.6 is 0 Å². The second-order valence-electron chi connectivity index (χ2n) is 6.42. The van der Waals surface area contributed by atoms with Gasteiger partial charge in [0.1, 0.15) is 5.75 Å². The summed E-state index contributed by atoms with van der Waals surface area (Å²) in [5.41, 5.74) is 2.88. The molecule has 0 spiro atoms.